The lowest BCUT2D eigenvalue weighted by Gasteiger charge is -2.70. The standard InChI is InChI=1S/C21H23ClFN3O3/c1-3-28-19-6-13(2)24-17(25-19)8-20-10-21(11-20,12-20)26-18(27)9-29-14-4-5-15(22)16(23)7-14/h4-7H,3,8-12H2,1-2H3,(H,26,27). The topological polar surface area (TPSA) is 73.3 Å². The van der Waals surface area contributed by atoms with Crippen molar-refractivity contribution < 1.29 is 18.7 Å². The van der Waals surface area contributed by atoms with Crippen LogP contribution in [0.1, 0.15) is 37.7 Å². The van der Waals surface area contributed by atoms with Gasteiger partial charge in [0.05, 0.1) is 11.6 Å². The van der Waals surface area contributed by atoms with Gasteiger partial charge >= 0.3 is 0 Å². The zero-order valence-corrected chi connectivity index (χ0v) is 17.2. The SMILES string of the molecule is CCOc1cc(C)nc(CC23CC(NC(=O)COc4ccc(Cl)c(F)c4)(C2)C3)n1. The van der Waals surface area contributed by atoms with Gasteiger partial charge in [0.2, 0.25) is 5.88 Å². The molecule has 29 heavy (non-hydrogen) atoms. The van der Waals surface area contributed by atoms with Crippen LogP contribution in [0.5, 0.6) is 11.6 Å². The number of carbonyl (C=O) groups excluding carboxylic acids is 1. The number of rotatable bonds is 8. The first-order chi connectivity index (χ1) is 13.8. The van der Waals surface area contributed by atoms with Gasteiger partial charge in [-0.3, -0.25) is 4.79 Å². The molecule has 1 aromatic carbocycles. The highest BCUT2D eigenvalue weighted by Crippen LogP contribution is 2.68. The summed E-state index contributed by atoms with van der Waals surface area (Å²) in [5.74, 6) is 0.898. The first-order valence-electron chi connectivity index (χ1n) is 9.67. The number of nitrogens with zero attached hydrogens (tertiary/aromatic N) is 2. The van der Waals surface area contributed by atoms with Crippen LogP contribution in [0.15, 0.2) is 24.3 Å². The Hall–Kier alpha value is -2.41. The van der Waals surface area contributed by atoms with E-state index in [1.54, 1.807) is 0 Å². The smallest absolute Gasteiger partial charge is 0.258 e. The van der Waals surface area contributed by atoms with Gasteiger partial charge in [0.25, 0.3) is 5.91 Å². The monoisotopic (exact) mass is 419 g/mol. The number of amides is 1. The maximum atomic E-state index is 13.4. The van der Waals surface area contributed by atoms with Crippen molar-refractivity contribution in [2.24, 2.45) is 5.41 Å². The third-order valence-electron chi connectivity index (χ3n) is 5.51. The molecule has 6 nitrogen and oxygen atoms in total. The summed E-state index contributed by atoms with van der Waals surface area (Å²) in [5, 5.41) is 3.08. The Morgan fingerprint density at radius 1 is 1.24 bits per heavy atom. The average Bonchev–Trinajstić information content (AvgIpc) is 2.60. The molecule has 0 unspecified atom stereocenters. The van der Waals surface area contributed by atoms with Crippen LogP contribution in [0.25, 0.3) is 0 Å². The second-order valence-corrected chi connectivity index (χ2v) is 8.50. The Morgan fingerprint density at radius 2 is 2.00 bits per heavy atom. The van der Waals surface area contributed by atoms with E-state index in [1.807, 2.05) is 19.9 Å². The molecule has 5 rings (SSSR count). The minimum absolute atomic E-state index is 0.0203. The fourth-order valence-electron chi connectivity index (χ4n) is 4.60. The van der Waals surface area contributed by atoms with Crippen molar-refractivity contribution in [1.29, 1.82) is 0 Å². The Kier molecular flexibility index (Phi) is 5.11. The van der Waals surface area contributed by atoms with E-state index in [2.05, 4.69) is 15.3 Å². The number of aryl methyl sites for hydroxylation is 1. The lowest BCUT2D eigenvalue weighted by molar-refractivity contribution is -0.166. The Balaban J connectivity index is 1.26. The van der Waals surface area contributed by atoms with Gasteiger partial charge < -0.3 is 14.8 Å². The third kappa shape index (κ3) is 4.15. The molecular formula is C21H23ClFN3O3. The zero-order valence-electron chi connectivity index (χ0n) is 16.4. The summed E-state index contributed by atoms with van der Waals surface area (Å²) < 4.78 is 24.3. The minimum atomic E-state index is -0.572. The van der Waals surface area contributed by atoms with Crippen LogP contribution >= 0.6 is 11.6 Å². The van der Waals surface area contributed by atoms with Gasteiger partial charge in [-0.1, -0.05) is 11.6 Å². The molecule has 0 aliphatic heterocycles. The first kappa shape index (κ1) is 19.9. The summed E-state index contributed by atoms with van der Waals surface area (Å²) in [5.41, 5.74) is 0.895. The van der Waals surface area contributed by atoms with Crippen molar-refractivity contribution >= 4 is 17.5 Å². The van der Waals surface area contributed by atoms with Crippen molar-refractivity contribution in [3.05, 3.63) is 46.6 Å². The second kappa shape index (κ2) is 7.44. The molecule has 2 aromatic rings. The number of benzene rings is 1. The molecule has 1 amide bonds. The first-order valence-corrected chi connectivity index (χ1v) is 10.0. The van der Waals surface area contributed by atoms with Crippen LogP contribution in [0, 0.1) is 18.2 Å². The molecular weight excluding hydrogens is 397 g/mol. The van der Waals surface area contributed by atoms with E-state index in [1.165, 1.54) is 18.2 Å². The lowest BCUT2D eigenvalue weighted by atomic mass is 9.38. The van der Waals surface area contributed by atoms with Crippen LogP contribution in [0.4, 0.5) is 4.39 Å². The van der Waals surface area contributed by atoms with Crippen LogP contribution < -0.4 is 14.8 Å². The second-order valence-electron chi connectivity index (χ2n) is 8.10. The van der Waals surface area contributed by atoms with E-state index in [4.69, 9.17) is 21.1 Å². The van der Waals surface area contributed by atoms with Crippen LogP contribution in [-0.4, -0.2) is 34.6 Å². The van der Waals surface area contributed by atoms with Gasteiger partial charge in [-0.2, -0.15) is 4.98 Å². The van der Waals surface area contributed by atoms with E-state index in [0.717, 1.165) is 37.2 Å². The van der Waals surface area contributed by atoms with Gasteiger partial charge in [0.15, 0.2) is 6.61 Å². The predicted molar refractivity (Wildman–Crippen MR) is 106 cm³/mol. The molecule has 1 N–H and O–H groups in total. The van der Waals surface area contributed by atoms with Crippen LogP contribution in [0.2, 0.25) is 5.02 Å². The zero-order chi connectivity index (χ0) is 20.6. The van der Waals surface area contributed by atoms with Crippen LogP contribution in [0.3, 0.4) is 0 Å². The normalized spacial score (nSPS) is 24.3. The largest absolute Gasteiger partial charge is 0.484 e. The molecule has 3 aliphatic rings. The molecule has 154 valence electrons. The molecule has 2 bridgehead atoms. The quantitative estimate of drug-likeness (QED) is 0.707. The van der Waals surface area contributed by atoms with E-state index in [0.29, 0.717) is 12.5 Å². The fourth-order valence-corrected chi connectivity index (χ4v) is 4.72. The summed E-state index contributed by atoms with van der Waals surface area (Å²) in [6.45, 7) is 4.28. The van der Waals surface area contributed by atoms with Crippen molar-refractivity contribution in [1.82, 2.24) is 15.3 Å². The molecule has 0 radical (unpaired) electrons. The lowest BCUT2D eigenvalue weighted by Crippen LogP contribution is -2.75. The molecule has 1 aromatic heterocycles. The summed E-state index contributed by atoms with van der Waals surface area (Å²) >= 11 is 5.64. The van der Waals surface area contributed by atoms with E-state index in [9.17, 15) is 9.18 Å². The van der Waals surface area contributed by atoms with Gasteiger partial charge in [-0.15, -0.1) is 0 Å². The Labute approximate surface area is 173 Å². The average molecular weight is 420 g/mol. The molecule has 3 fully saturated rings. The third-order valence-corrected chi connectivity index (χ3v) is 5.81. The molecule has 0 spiro atoms. The van der Waals surface area contributed by atoms with Crippen molar-refractivity contribution in [3.8, 4) is 11.6 Å². The number of nitrogens with one attached hydrogen (secondary N) is 1. The molecule has 3 saturated carbocycles. The molecule has 0 atom stereocenters. The predicted octanol–water partition coefficient (Wildman–Crippen LogP) is 3.64. The highest BCUT2D eigenvalue weighted by molar-refractivity contribution is 6.30. The number of carbonyl (C=O) groups is 1. The van der Waals surface area contributed by atoms with Gasteiger partial charge in [-0.05, 0) is 50.7 Å². The maximum Gasteiger partial charge on any atom is 0.258 e. The summed E-state index contributed by atoms with van der Waals surface area (Å²) in [7, 11) is 0. The number of halogens is 2. The van der Waals surface area contributed by atoms with E-state index in [-0.39, 0.29) is 34.2 Å². The number of aromatic nitrogens is 2. The Morgan fingerprint density at radius 3 is 2.69 bits per heavy atom. The minimum Gasteiger partial charge on any atom is -0.484 e. The number of hydrogen-bond donors (Lipinski definition) is 1. The maximum absolute atomic E-state index is 13.4. The summed E-state index contributed by atoms with van der Waals surface area (Å²) in [6, 6.07) is 5.94. The number of hydrogen-bond acceptors (Lipinski definition) is 5. The van der Waals surface area contributed by atoms with Gasteiger partial charge in [0.1, 0.15) is 17.4 Å². The molecule has 1 heterocycles. The van der Waals surface area contributed by atoms with Crippen molar-refractivity contribution in [2.75, 3.05) is 13.2 Å². The van der Waals surface area contributed by atoms with Crippen molar-refractivity contribution in [3.63, 3.8) is 0 Å². The van der Waals surface area contributed by atoms with Crippen LogP contribution in [-0.2, 0) is 11.2 Å². The summed E-state index contributed by atoms with van der Waals surface area (Å²) in [4.78, 5) is 21.3. The van der Waals surface area contributed by atoms with E-state index >= 15 is 0 Å². The number of ether oxygens (including phenoxy) is 2. The van der Waals surface area contributed by atoms with Crippen molar-refractivity contribution in [2.45, 2.75) is 45.1 Å². The highest BCUT2D eigenvalue weighted by atomic mass is 35.5. The molecule has 0 saturated heterocycles. The summed E-state index contributed by atoms with van der Waals surface area (Å²) in [6.07, 6.45) is 3.50. The van der Waals surface area contributed by atoms with E-state index < -0.39 is 5.82 Å². The van der Waals surface area contributed by atoms with Gasteiger partial charge in [-0.25, -0.2) is 9.37 Å². The highest BCUT2D eigenvalue weighted by Gasteiger charge is 2.68. The Bertz CT molecular complexity index is 933. The molecule has 8 heteroatoms. The fraction of sp³-hybridized carbons (Fsp3) is 0.476. The van der Waals surface area contributed by atoms with Gasteiger partial charge in [0, 0.05) is 29.8 Å². The molecule has 3 aliphatic carbocycles.